The van der Waals surface area contributed by atoms with Crippen molar-refractivity contribution < 1.29 is 18.9 Å². The van der Waals surface area contributed by atoms with E-state index in [4.69, 9.17) is 18.9 Å². The van der Waals surface area contributed by atoms with Gasteiger partial charge in [0, 0.05) is 22.3 Å². The molecule has 2 aliphatic rings. The summed E-state index contributed by atoms with van der Waals surface area (Å²) in [5, 5.41) is 0. The fourth-order valence-electron chi connectivity index (χ4n) is 9.39. The normalized spacial score (nSPS) is 17.1. The number of rotatable bonds is 32. The first-order chi connectivity index (χ1) is 28.1. The predicted octanol–water partition coefficient (Wildman–Crippen LogP) is 15.8. The molecule has 0 N–H and O–H groups in total. The van der Waals surface area contributed by atoms with E-state index in [1.54, 1.807) is 0 Å². The average Bonchev–Trinajstić information content (AvgIpc) is 4.13. The molecule has 59 heavy (non-hydrogen) atoms. The SMILES string of the molecule is CCCCCC(C)(C)c1cc(Cc2cc(C(C)(C)CCCCC)c(OCCCC3CO3)c(C(C)(C)CCCCC)c2)cc(C(C)(C)CCCCC)c1OCCCC1CO1. The molecule has 0 bridgehead atoms. The van der Waals surface area contributed by atoms with Crippen molar-refractivity contribution in [3.63, 3.8) is 0 Å². The monoisotopic (exact) mass is 817 g/mol. The average molecular weight is 817 g/mol. The molecule has 2 aromatic carbocycles. The Hall–Kier alpha value is -2.04. The number of hydrogen-bond donors (Lipinski definition) is 0. The van der Waals surface area contributed by atoms with Gasteiger partial charge in [-0.05, 0) is 90.6 Å². The zero-order valence-electron chi connectivity index (χ0n) is 40.8. The van der Waals surface area contributed by atoms with Crippen LogP contribution in [0.2, 0.25) is 0 Å². The minimum Gasteiger partial charge on any atom is -0.493 e. The zero-order valence-corrected chi connectivity index (χ0v) is 40.8. The van der Waals surface area contributed by atoms with E-state index in [1.165, 1.54) is 122 Å². The number of benzene rings is 2. The van der Waals surface area contributed by atoms with E-state index in [0.717, 1.165) is 84.2 Å². The summed E-state index contributed by atoms with van der Waals surface area (Å²) in [5.41, 5.74) is 8.46. The number of hydrogen-bond acceptors (Lipinski definition) is 4. The van der Waals surface area contributed by atoms with Gasteiger partial charge < -0.3 is 18.9 Å². The molecule has 0 aliphatic carbocycles. The summed E-state index contributed by atoms with van der Waals surface area (Å²) < 4.78 is 25.3. The van der Waals surface area contributed by atoms with E-state index >= 15 is 0 Å². The van der Waals surface area contributed by atoms with Crippen molar-refractivity contribution in [1.29, 1.82) is 0 Å². The Morgan fingerprint density at radius 3 is 0.949 bits per heavy atom. The quantitative estimate of drug-likeness (QED) is 0.0545. The van der Waals surface area contributed by atoms with Crippen LogP contribution in [0.25, 0.3) is 0 Å². The molecule has 2 saturated heterocycles. The summed E-state index contributed by atoms with van der Waals surface area (Å²) >= 11 is 0. The molecule has 4 rings (SSSR count). The first-order valence-electron chi connectivity index (χ1n) is 24.9. The number of unbranched alkanes of at least 4 members (excludes halogenated alkanes) is 8. The number of ether oxygens (including phenoxy) is 4. The van der Waals surface area contributed by atoms with Crippen molar-refractivity contribution in [2.24, 2.45) is 0 Å². The van der Waals surface area contributed by atoms with Crippen LogP contribution in [0.5, 0.6) is 11.5 Å². The van der Waals surface area contributed by atoms with Crippen molar-refractivity contribution in [2.45, 2.75) is 252 Å². The first kappa shape index (κ1) is 49.6. The van der Waals surface area contributed by atoms with Gasteiger partial charge in [-0.2, -0.15) is 0 Å². The van der Waals surface area contributed by atoms with Gasteiger partial charge in [0.1, 0.15) is 11.5 Å². The molecule has 2 aromatic rings. The van der Waals surface area contributed by atoms with Crippen molar-refractivity contribution in [3.05, 3.63) is 57.6 Å². The van der Waals surface area contributed by atoms with Gasteiger partial charge in [0.15, 0.2) is 0 Å². The smallest absolute Gasteiger partial charge is 0.126 e. The molecule has 0 radical (unpaired) electrons. The van der Waals surface area contributed by atoms with Crippen LogP contribution in [0.4, 0.5) is 0 Å². The largest absolute Gasteiger partial charge is 0.493 e. The van der Waals surface area contributed by atoms with Gasteiger partial charge in [0.25, 0.3) is 0 Å². The Bertz CT molecular complexity index is 1320. The van der Waals surface area contributed by atoms with Crippen LogP contribution in [0.1, 0.15) is 245 Å². The molecule has 0 spiro atoms. The lowest BCUT2D eigenvalue weighted by Gasteiger charge is -2.35. The van der Waals surface area contributed by atoms with E-state index in [2.05, 4.69) is 107 Å². The summed E-state index contributed by atoms with van der Waals surface area (Å²) in [6, 6.07) is 10.3. The molecular formula is C55H92O4. The molecule has 0 saturated carbocycles. The van der Waals surface area contributed by atoms with E-state index < -0.39 is 0 Å². The fraction of sp³-hybridized carbons (Fsp3) is 0.782. The molecule has 0 amide bonds. The molecule has 2 aliphatic heterocycles. The molecule has 0 aromatic heterocycles. The zero-order chi connectivity index (χ0) is 43.1. The minimum atomic E-state index is -0.00354. The Morgan fingerprint density at radius 1 is 0.441 bits per heavy atom. The summed E-state index contributed by atoms with van der Waals surface area (Å²) in [7, 11) is 0. The highest BCUT2D eigenvalue weighted by molar-refractivity contribution is 5.55. The minimum absolute atomic E-state index is 0.00354. The summed E-state index contributed by atoms with van der Waals surface area (Å²) in [6.07, 6.45) is 25.7. The molecule has 2 atom stereocenters. The second-order valence-corrected chi connectivity index (χ2v) is 21.5. The van der Waals surface area contributed by atoms with Gasteiger partial charge in [-0.25, -0.2) is 0 Å². The molecule has 4 heteroatoms. The summed E-state index contributed by atoms with van der Waals surface area (Å²) in [5.74, 6) is 2.34. The molecule has 2 heterocycles. The maximum atomic E-state index is 7.06. The van der Waals surface area contributed by atoms with Crippen LogP contribution in [-0.4, -0.2) is 38.6 Å². The number of epoxide rings is 2. The van der Waals surface area contributed by atoms with Crippen LogP contribution in [0.3, 0.4) is 0 Å². The Morgan fingerprint density at radius 2 is 0.712 bits per heavy atom. The van der Waals surface area contributed by atoms with Crippen LogP contribution >= 0.6 is 0 Å². The molecule has 336 valence electrons. The van der Waals surface area contributed by atoms with Gasteiger partial charge >= 0.3 is 0 Å². The third kappa shape index (κ3) is 15.7. The van der Waals surface area contributed by atoms with Crippen LogP contribution < -0.4 is 9.47 Å². The van der Waals surface area contributed by atoms with Crippen LogP contribution in [0, 0.1) is 0 Å². The van der Waals surface area contributed by atoms with Gasteiger partial charge in [-0.15, -0.1) is 0 Å². The van der Waals surface area contributed by atoms with Crippen LogP contribution in [-0.2, 0) is 37.6 Å². The fourth-order valence-corrected chi connectivity index (χ4v) is 9.39. The van der Waals surface area contributed by atoms with E-state index in [1.807, 2.05) is 0 Å². The lowest BCUT2D eigenvalue weighted by Crippen LogP contribution is -2.25. The lowest BCUT2D eigenvalue weighted by atomic mass is 9.71. The van der Waals surface area contributed by atoms with Crippen molar-refractivity contribution in [3.8, 4) is 11.5 Å². The first-order valence-corrected chi connectivity index (χ1v) is 24.9. The van der Waals surface area contributed by atoms with Gasteiger partial charge in [0.2, 0.25) is 0 Å². The van der Waals surface area contributed by atoms with Crippen LogP contribution in [0.15, 0.2) is 24.3 Å². The molecule has 4 nitrogen and oxygen atoms in total. The van der Waals surface area contributed by atoms with E-state index in [0.29, 0.717) is 12.2 Å². The highest BCUT2D eigenvalue weighted by Crippen LogP contribution is 2.47. The Kier molecular flexibility index (Phi) is 19.7. The second kappa shape index (κ2) is 23.4. The highest BCUT2D eigenvalue weighted by atomic mass is 16.6. The van der Waals surface area contributed by atoms with Gasteiger partial charge in [-0.3, -0.25) is 0 Å². The van der Waals surface area contributed by atoms with Gasteiger partial charge in [0.05, 0.1) is 38.6 Å². The molecule has 2 fully saturated rings. The van der Waals surface area contributed by atoms with Crippen molar-refractivity contribution in [1.82, 2.24) is 0 Å². The maximum Gasteiger partial charge on any atom is 0.126 e. The highest BCUT2D eigenvalue weighted by Gasteiger charge is 2.35. The lowest BCUT2D eigenvalue weighted by molar-refractivity contribution is 0.274. The third-order valence-corrected chi connectivity index (χ3v) is 13.9. The topological polar surface area (TPSA) is 43.5 Å². The maximum absolute atomic E-state index is 7.06. The predicted molar refractivity (Wildman–Crippen MR) is 253 cm³/mol. The second-order valence-electron chi connectivity index (χ2n) is 21.5. The van der Waals surface area contributed by atoms with Crippen molar-refractivity contribution in [2.75, 3.05) is 26.4 Å². The Labute approximate surface area is 365 Å². The third-order valence-electron chi connectivity index (χ3n) is 13.9. The standard InChI is InChI=1S/C55H92O4/c1-13-17-21-29-52(5,6)46-36-42(37-47(53(7,8)30-22-18-14-2)50(46)56-33-25-27-44-40-58-44)35-43-38-48(54(9,10)31-23-19-15-3)51(57-34-26-28-45-41-59-45)49(39-43)55(11,12)32-24-20-16-4/h36-39,44-45H,13-35,40-41H2,1-12H3. The molecular weight excluding hydrogens is 725 g/mol. The summed E-state index contributed by atoms with van der Waals surface area (Å²) in [4.78, 5) is 0. The summed E-state index contributed by atoms with van der Waals surface area (Å²) in [6.45, 7) is 32.5. The van der Waals surface area contributed by atoms with Gasteiger partial charge in [-0.1, -0.05) is 184 Å². The van der Waals surface area contributed by atoms with E-state index in [-0.39, 0.29) is 21.7 Å². The Balaban J connectivity index is 1.89. The molecule has 2 unspecified atom stereocenters. The van der Waals surface area contributed by atoms with Crippen molar-refractivity contribution >= 4 is 0 Å². The van der Waals surface area contributed by atoms with E-state index in [9.17, 15) is 0 Å².